The molecule has 192 valence electrons. The van der Waals surface area contributed by atoms with E-state index < -0.39 is 23.9 Å². The second kappa shape index (κ2) is 14.7. The fraction of sp³-hybridized carbons (Fsp3) is 0.520. The minimum atomic E-state index is -1.33. The Kier molecular flexibility index (Phi) is 12.1. The summed E-state index contributed by atoms with van der Waals surface area (Å²) in [6.07, 6.45) is 8.01. The second-order valence-electron chi connectivity index (χ2n) is 8.09. The second-order valence-corrected chi connectivity index (χ2v) is 9.77. The first-order valence-electron chi connectivity index (χ1n) is 11.9. The van der Waals surface area contributed by atoms with Gasteiger partial charge in [0.2, 0.25) is 0 Å². The summed E-state index contributed by atoms with van der Waals surface area (Å²) in [5.41, 5.74) is 0.679. The molecular formula is C25H33NO7S2. The molecule has 1 fully saturated rings. The number of hydrogen-bond acceptors (Lipinski definition) is 7. The van der Waals surface area contributed by atoms with Crippen molar-refractivity contribution in [1.29, 1.82) is 0 Å². The van der Waals surface area contributed by atoms with Gasteiger partial charge in [0.25, 0.3) is 5.91 Å². The molecule has 2 rings (SSSR count). The average molecular weight is 524 g/mol. The number of thioether (sulfide) groups is 1. The van der Waals surface area contributed by atoms with Crippen molar-refractivity contribution in [3.8, 4) is 11.5 Å². The maximum Gasteiger partial charge on any atom is 0.326 e. The van der Waals surface area contributed by atoms with Crippen molar-refractivity contribution in [3.05, 3.63) is 28.7 Å². The van der Waals surface area contributed by atoms with Gasteiger partial charge in [-0.1, -0.05) is 69.1 Å². The molecule has 1 aromatic rings. The van der Waals surface area contributed by atoms with E-state index in [1.54, 1.807) is 24.3 Å². The first kappa shape index (κ1) is 28.6. The van der Waals surface area contributed by atoms with E-state index >= 15 is 0 Å². The predicted octanol–water partition coefficient (Wildman–Crippen LogP) is 5.34. The van der Waals surface area contributed by atoms with Gasteiger partial charge in [0.1, 0.15) is 10.4 Å². The molecule has 10 heteroatoms. The average Bonchev–Trinajstić information content (AvgIpc) is 3.07. The minimum absolute atomic E-state index is 0.0861. The molecule has 8 nitrogen and oxygen atoms in total. The summed E-state index contributed by atoms with van der Waals surface area (Å²) < 4.78 is 11.7. The number of ether oxygens (including phenoxy) is 2. The Balaban J connectivity index is 2.10. The number of thiocarbonyl (C=S) groups is 1. The summed E-state index contributed by atoms with van der Waals surface area (Å²) >= 11 is 6.23. The topological polar surface area (TPSA) is 113 Å². The van der Waals surface area contributed by atoms with Gasteiger partial charge in [0, 0.05) is 6.42 Å². The maximum absolute atomic E-state index is 12.9. The monoisotopic (exact) mass is 523 g/mol. The molecule has 1 aromatic carbocycles. The van der Waals surface area contributed by atoms with E-state index in [2.05, 4.69) is 6.92 Å². The summed E-state index contributed by atoms with van der Waals surface area (Å²) in [7, 11) is 0. The van der Waals surface area contributed by atoms with Gasteiger partial charge < -0.3 is 19.7 Å². The number of carbonyl (C=O) groups is 3. The zero-order chi connectivity index (χ0) is 25.8. The lowest BCUT2D eigenvalue weighted by molar-refractivity contribution is -0.146. The SMILES string of the molecule is CCCCCCCCOc1ccc(/C=C2/SC(=S)N([C@H](CCC(=O)O)C(=O)O)C2=O)cc1OCC. The molecule has 1 aliphatic heterocycles. The molecule has 0 spiro atoms. The van der Waals surface area contributed by atoms with E-state index in [4.69, 9.17) is 26.8 Å². The number of carboxylic acid groups (broad SMARTS) is 2. The lowest BCUT2D eigenvalue weighted by atomic mass is 10.1. The molecule has 0 saturated carbocycles. The van der Waals surface area contributed by atoms with Crippen LogP contribution in [0.5, 0.6) is 11.5 Å². The number of benzene rings is 1. The Bertz CT molecular complexity index is 948. The van der Waals surface area contributed by atoms with Gasteiger partial charge in [0.15, 0.2) is 11.5 Å². The van der Waals surface area contributed by atoms with Crippen molar-refractivity contribution in [1.82, 2.24) is 4.90 Å². The quantitative estimate of drug-likeness (QED) is 0.168. The lowest BCUT2D eigenvalue weighted by Crippen LogP contribution is -2.44. The van der Waals surface area contributed by atoms with Crippen LogP contribution in [0.3, 0.4) is 0 Å². The Hall–Kier alpha value is -2.59. The van der Waals surface area contributed by atoms with Crippen molar-refractivity contribution < 1.29 is 34.1 Å². The molecule has 1 heterocycles. The predicted molar refractivity (Wildman–Crippen MR) is 140 cm³/mol. The van der Waals surface area contributed by atoms with Gasteiger partial charge in [-0.25, -0.2) is 4.79 Å². The number of aliphatic carboxylic acids is 2. The Labute approximate surface area is 215 Å². The van der Waals surface area contributed by atoms with E-state index in [1.165, 1.54) is 25.7 Å². The molecule has 0 unspecified atom stereocenters. The van der Waals surface area contributed by atoms with Crippen molar-refractivity contribution in [3.63, 3.8) is 0 Å². The summed E-state index contributed by atoms with van der Waals surface area (Å²) in [4.78, 5) is 36.8. The van der Waals surface area contributed by atoms with Crippen LogP contribution >= 0.6 is 24.0 Å². The largest absolute Gasteiger partial charge is 0.490 e. The third kappa shape index (κ3) is 8.85. The zero-order valence-electron chi connectivity index (χ0n) is 20.2. The normalized spacial score (nSPS) is 15.5. The van der Waals surface area contributed by atoms with Crippen molar-refractivity contribution in [2.45, 2.75) is 71.3 Å². The summed E-state index contributed by atoms with van der Waals surface area (Å²) in [5.74, 6) is -1.80. The van der Waals surface area contributed by atoms with Crippen molar-refractivity contribution in [2.75, 3.05) is 13.2 Å². The standard InChI is InChI=1S/C25H33NO7S2/c1-3-5-6-7-8-9-14-33-19-12-10-17(15-20(19)32-4-2)16-21-23(29)26(25(34)35-21)18(24(30)31)11-13-22(27)28/h10,12,15-16,18H,3-9,11,13-14H2,1-2H3,(H,27,28)(H,30,31)/b21-16+/t18-/m1/s1. The number of unbranched alkanes of at least 4 members (excludes halogenated alkanes) is 5. The summed E-state index contributed by atoms with van der Waals surface area (Å²) in [6.45, 7) is 5.11. The fourth-order valence-electron chi connectivity index (χ4n) is 3.59. The molecule has 0 bridgehead atoms. The van der Waals surface area contributed by atoms with E-state index in [0.29, 0.717) is 30.3 Å². The molecule has 1 amide bonds. The number of amides is 1. The van der Waals surface area contributed by atoms with Gasteiger partial charge in [0.05, 0.1) is 18.1 Å². The molecule has 1 aliphatic rings. The van der Waals surface area contributed by atoms with E-state index in [1.807, 2.05) is 6.92 Å². The fourth-order valence-corrected chi connectivity index (χ4v) is 4.95. The van der Waals surface area contributed by atoms with Crippen LogP contribution in [0.1, 0.15) is 70.8 Å². The summed E-state index contributed by atoms with van der Waals surface area (Å²) in [6, 6.07) is 4.03. The number of rotatable bonds is 16. The highest BCUT2D eigenvalue weighted by Crippen LogP contribution is 2.36. The van der Waals surface area contributed by atoms with Crippen LogP contribution in [0.2, 0.25) is 0 Å². The first-order valence-corrected chi connectivity index (χ1v) is 13.1. The molecule has 1 saturated heterocycles. The Morgan fingerprint density at radius 2 is 1.80 bits per heavy atom. The van der Waals surface area contributed by atoms with Crippen LogP contribution in [-0.2, 0) is 14.4 Å². The van der Waals surface area contributed by atoms with E-state index in [0.717, 1.165) is 29.5 Å². The van der Waals surface area contributed by atoms with Crippen LogP contribution in [0.25, 0.3) is 6.08 Å². The highest BCUT2D eigenvalue weighted by Gasteiger charge is 2.40. The summed E-state index contributed by atoms with van der Waals surface area (Å²) in [5, 5.41) is 18.4. The van der Waals surface area contributed by atoms with Crippen LogP contribution in [0, 0.1) is 0 Å². The van der Waals surface area contributed by atoms with Crippen LogP contribution in [0.15, 0.2) is 23.1 Å². The van der Waals surface area contributed by atoms with Gasteiger partial charge in [-0.15, -0.1) is 0 Å². The maximum atomic E-state index is 12.9. The molecule has 1 atom stereocenters. The number of nitrogens with zero attached hydrogens (tertiary/aromatic N) is 1. The molecule has 2 N–H and O–H groups in total. The Morgan fingerprint density at radius 3 is 2.46 bits per heavy atom. The highest BCUT2D eigenvalue weighted by molar-refractivity contribution is 8.26. The molecule has 0 aromatic heterocycles. The smallest absolute Gasteiger partial charge is 0.326 e. The minimum Gasteiger partial charge on any atom is -0.490 e. The van der Waals surface area contributed by atoms with Gasteiger partial charge in [-0.3, -0.25) is 14.5 Å². The molecule has 0 aliphatic carbocycles. The lowest BCUT2D eigenvalue weighted by Gasteiger charge is -2.22. The first-order chi connectivity index (χ1) is 16.8. The van der Waals surface area contributed by atoms with Crippen molar-refractivity contribution in [2.24, 2.45) is 0 Å². The highest BCUT2D eigenvalue weighted by atomic mass is 32.2. The third-order valence-corrected chi connectivity index (χ3v) is 6.70. The van der Waals surface area contributed by atoms with Gasteiger partial charge in [-0.2, -0.15) is 0 Å². The van der Waals surface area contributed by atoms with Crippen LogP contribution in [-0.4, -0.2) is 56.5 Å². The van der Waals surface area contributed by atoms with Crippen molar-refractivity contribution >= 4 is 52.2 Å². The van der Waals surface area contributed by atoms with E-state index in [-0.39, 0.29) is 22.1 Å². The molecule has 35 heavy (non-hydrogen) atoms. The van der Waals surface area contributed by atoms with Crippen LogP contribution in [0.4, 0.5) is 0 Å². The number of hydrogen-bond donors (Lipinski definition) is 2. The molecule has 0 radical (unpaired) electrons. The van der Waals surface area contributed by atoms with Gasteiger partial charge in [-0.05, 0) is 43.5 Å². The van der Waals surface area contributed by atoms with E-state index in [9.17, 15) is 19.5 Å². The number of carboxylic acids is 2. The van der Waals surface area contributed by atoms with Gasteiger partial charge >= 0.3 is 11.9 Å². The zero-order valence-corrected chi connectivity index (χ0v) is 21.8. The molecular weight excluding hydrogens is 490 g/mol. The number of carbonyl (C=O) groups excluding carboxylic acids is 1. The van der Waals surface area contributed by atoms with Crippen LogP contribution < -0.4 is 9.47 Å². The third-order valence-electron chi connectivity index (χ3n) is 5.37. The Morgan fingerprint density at radius 1 is 1.09 bits per heavy atom.